The van der Waals surface area contributed by atoms with Crippen molar-refractivity contribution < 1.29 is 4.39 Å². The fraction of sp³-hybridized carbons (Fsp3) is 0.188. The summed E-state index contributed by atoms with van der Waals surface area (Å²) in [5, 5.41) is 0.648. The molecule has 2 aromatic carbocycles. The Morgan fingerprint density at radius 2 is 2.00 bits per heavy atom. The lowest BCUT2D eigenvalue weighted by Crippen LogP contribution is -2.04. The van der Waals surface area contributed by atoms with Gasteiger partial charge >= 0.3 is 0 Å². The number of fused-ring (bicyclic) bond motifs is 1. The molecule has 0 unspecified atom stereocenters. The molecular formula is C16H15ClFN3. The molecule has 108 valence electrons. The Bertz CT molecular complexity index is 824. The molecule has 0 bridgehead atoms. The van der Waals surface area contributed by atoms with E-state index in [4.69, 9.17) is 17.3 Å². The normalized spacial score (nSPS) is 11.5. The molecule has 0 spiro atoms. The van der Waals surface area contributed by atoms with Gasteiger partial charge in [0.15, 0.2) is 0 Å². The van der Waals surface area contributed by atoms with Crippen molar-refractivity contribution in [2.24, 2.45) is 0 Å². The lowest BCUT2D eigenvalue weighted by Gasteiger charge is -2.14. The first-order chi connectivity index (χ1) is 9.99. The molecule has 5 heteroatoms. The van der Waals surface area contributed by atoms with E-state index in [1.807, 2.05) is 22.8 Å². The van der Waals surface area contributed by atoms with Crippen molar-refractivity contribution in [1.82, 2.24) is 9.55 Å². The topological polar surface area (TPSA) is 43.8 Å². The van der Waals surface area contributed by atoms with Crippen LogP contribution in [0.25, 0.3) is 22.4 Å². The third-order valence-corrected chi connectivity index (χ3v) is 3.74. The van der Waals surface area contributed by atoms with Gasteiger partial charge in [-0.05, 0) is 44.2 Å². The summed E-state index contributed by atoms with van der Waals surface area (Å²) in [4.78, 5) is 4.64. The van der Waals surface area contributed by atoms with Gasteiger partial charge in [-0.1, -0.05) is 17.7 Å². The zero-order chi connectivity index (χ0) is 15.1. The van der Waals surface area contributed by atoms with Crippen molar-refractivity contribution in [3.8, 4) is 11.4 Å². The molecule has 1 heterocycles. The van der Waals surface area contributed by atoms with Crippen LogP contribution in [0, 0.1) is 5.82 Å². The van der Waals surface area contributed by atoms with Crippen LogP contribution in [0.1, 0.15) is 19.9 Å². The van der Waals surface area contributed by atoms with Gasteiger partial charge in [-0.3, -0.25) is 0 Å². The van der Waals surface area contributed by atoms with Gasteiger partial charge < -0.3 is 10.3 Å². The van der Waals surface area contributed by atoms with Gasteiger partial charge in [0.25, 0.3) is 0 Å². The summed E-state index contributed by atoms with van der Waals surface area (Å²) in [6.45, 7) is 4.11. The van der Waals surface area contributed by atoms with Gasteiger partial charge in [-0.2, -0.15) is 0 Å². The molecule has 2 N–H and O–H groups in total. The van der Waals surface area contributed by atoms with Crippen molar-refractivity contribution in [1.29, 1.82) is 0 Å². The Morgan fingerprint density at radius 1 is 1.24 bits per heavy atom. The zero-order valence-electron chi connectivity index (χ0n) is 11.8. The van der Waals surface area contributed by atoms with Crippen molar-refractivity contribution in [2.45, 2.75) is 19.9 Å². The number of nitrogens with two attached hydrogens (primary N) is 1. The highest BCUT2D eigenvalue weighted by molar-refractivity contribution is 6.35. The first-order valence-electron chi connectivity index (χ1n) is 6.71. The number of para-hydroxylation sites is 1. The van der Waals surface area contributed by atoms with Gasteiger partial charge in [0.1, 0.15) is 11.6 Å². The minimum Gasteiger partial charge on any atom is -0.396 e. The minimum atomic E-state index is -0.427. The maximum Gasteiger partial charge on any atom is 0.146 e. The fourth-order valence-electron chi connectivity index (χ4n) is 2.50. The summed E-state index contributed by atoms with van der Waals surface area (Å²) < 4.78 is 15.4. The van der Waals surface area contributed by atoms with Crippen molar-refractivity contribution in [3.63, 3.8) is 0 Å². The number of imidazole rings is 1. The number of benzene rings is 2. The van der Waals surface area contributed by atoms with Gasteiger partial charge in [0, 0.05) is 11.6 Å². The predicted molar refractivity (Wildman–Crippen MR) is 84.9 cm³/mol. The first kappa shape index (κ1) is 13.9. The Hall–Kier alpha value is -2.07. The molecule has 3 nitrogen and oxygen atoms in total. The van der Waals surface area contributed by atoms with Gasteiger partial charge in [0.2, 0.25) is 0 Å². The summed E-state index contributed by atoms with van der Waals surface area (Å²) >= 11 is 6.32. The molecule has 0 amide bonds. The maximum absolute atomic E-state index is 13.4. The van der Waals surface area contributed by atoms with Gasteiger partial charge in [0.05, 0.1) is 21.7 Å². The lowest BCUT2D eigenvalue weighted by atomic mass is 10.1. The second-order valence-corrected chi connectivity index (χ2v) is 5.65. The van der Waals surface area contributed by atoms with Crippen LogP contribution in [0.2, 0.25) is 5.02 Å². The number of anilines is 1. The highest BCUT2D eigenvalue weighted by Crippen LogP contribution is 2.33. The molecule has 0 atom stereocenters. The zero-order valence-corrected chi connectivity index (χ0v) is 12.5. The molecule has 0 aliphatic carbocycles. The minimum absolute atomic E-state index is 0.112. The first-order valence-corrected chi connectivity index (χ1v) is 7.08. The molecule has 0 saturated carbocycles. The van der Waals surface area contributed by atoms with Gasteiger partial charge in [-0.25, -0.2) is 9.37 Å². The number of nitrogen functional groups attached to an aromatic ring is 1. The number of hydrogen-bond donors (Lipinski definition) is 1. The molecule has 1 aromatic heterocycles. The Balaban J connectivity index is 2.34. The van der Waals surface area contributed by atoms with E-state index in [1.54, 1.807) is 12.1 Å². The molecule has 0 radical (unpaired) electrons. The van der Waals surface area contributed by atoms with Crippen molar-refractivity contribution in [2.75, 3.05) is 5.73 Å². The third-order valence-electron chi connectivity index (χ3n) is 3.43. The van der Waals surface area contributed by atoms with E-state index in [2.05, 4.69) is 18.8 Å². The third kappa shape index (κ3) is 2.25. The Kier molecular flexibility index (Phi) is 3.33. The number of hydrogen-bond acceptors (Lipinski definition) is 2. The van der Waals surface area contributed by atoms with E-state index in [-0.39, 0.29) is 11.7 Å². The smallest absolute Gasteiger partial charge is 0.146 e. The monoisotopic (exact) mass is 303 g/mol. The summed E-state index contributed by atoms with van der Waals surface area (Å²) in [5.41, 5.74) is 8.25. The van der Waals surface area contributed by atoms with E-state index in [9.17, 15) is 4.39 Å². The standard InChI is InChI=1S/C16H15ClFN3/c1-9(2)21-15-11(17)4-3-5-14(15)20-16(21)10-6-7-12(18)13(19)8-10/h3-9H,19H2,1-2H3. The second kappa shape index (κ2) is 5.04. The van der Waals surface area contributed by atoms with Crippen LogP contribution >= 0.6 is 11.6 Å². The summed E-state index contributed by atoms with van der Waals surface area (Å²) in [6, 6.07) is 10.4. The van der Waals surface area contributed by atoms with Crippen LogP contribution in [0.3, 0.4) is 0 Å². The largest absolute Gasteiger partial charge is 0.396 e. The quantitative estimate of drug-likeness (QED) is 0.700. The molecule has 3 aromatic rings. The molecule has 0 fully saturated rings. The number of aromatic nitrogens is 2. The van der Waals surface area contributed by atoms with Crippen LogP contribution < -0.4 is 5.73 Å². The predicted octanol–water partition coefficient (Wildman–Crippen LogP) is 4.66. The summed E-state index contributed by atoms with van der Waals surface area (Å²) in [5.74, 6) is 0.309. The average Bonchev–Trinajstić information content (AvgIpc) is 2.83. The highest BCUT2D eigenvalue weighted by atomic mass is 35.5. The van der Waals surface area contributed by atoms with E-state index >= 15 is 0 Å². The summed E-state index contributed by atoms with van der Waals surface area (Å²) in [7, 11) is 0. The SMILES string of the molecule is CC(C)n1c(-c2ccc(F)c(N)c2)nc2cccc(Cl)c21. The number of rotatable bonds is 2. The van der Waals surface area contributed by atoms with E-state index in [0.29, 0.717) is 5.02 Å². The van der Waals surface area contributed by atoms with Crippen LogP contribution in [0.15, 0.2) is 36.4 Å². The molecule has 0 saturated heterocycles. The van der Waals surface area contributed by atoms with Crippen molar-refractivity contribution >= 4 is 28.3 Å². The molecule has 21 heavy (non-hydrogen) atoms. The molecule has 3 rings (SSSR count). The van der Waals surface area contributed by atoms with Gasteiger partial charge in [-0.15, -0.1) is 0 Å². The van der Waals surface area contributed by atoms with Crippen LogP contribution in [0.5, 0.6) is 0 Å². The fourth-order valence-corrected chi connectivity index (χ4v) is 2.76. The highest BCUT2D eigenvalue weighted by Gasteiger charge is 2.17. The van der Waals surface area contributed by atoms with E-state index < -0.39 is 5.82 Å². The molecule has 0 aliphatic heterocycles. The van der Waals surface area contributed by atoms with E-state index in [0.717, 1.165) is 22.4 Å². The van der Waals surface area contributed by atoms with Crippen molar-refractivity contribution in [3.05, 3.63) is 47.2 Å². The summed E-state index contributed by atoms with van der Waals surface area (Å²) in [6.07, 6.45) is 0. The second-order valence-electron chi connectivity index (χ2n) is 5.24. The molecular weight excluding hydrogens is 289 g/mol. The van der Waals surface area contributed by atoms with Crippen LogP contribution in [-0.2, 0) is 0 Å². The number of nitrogens with zero attached hydrogens (tertiary/aromatic N) is 2. The van der Waals surface area contributed by atoms with Crippen LogP contribution in [0.4, 0.5) is 10.1 Å². The Labute approximate surface area is 127 Å². The molecule has 0 aliphatic rings. The Morgan fingerprint density at radius 3 is 2.67 bits per heavy atom. The van der Waals surface area contributed by atoms with Crippen LogP contribution in [-0.4, -0.2) is 9.55 Å². The average molecular weight is 304 g/mol. The van der Waals surface area contributed by atoms with E-state index in [1.165, 1.54) is 6.07 Å². The number of halogens is 2. The maximum atomic E-state index is 13.4. The lowest BCUT2D eigenvalue weighted by molar-refractivity contribution is 0.623.